The number of sulfonamides is 1. The van der Waals surface area contributed by atoms with E-state index in [9.17, 15) is 8.42 Å². The number of hydrogen-bond acceptors (Lipinski definition) is 5. The molecule has 0 amide bonds. The maximum absolute atomic E-state index is 11.5. The van der Waals surface area contributed by atoms with Crippen LogP contribution in [0.15, 0.2) is 10.9 Å². The molecule has 0 fully saturated rings. The van der Waals surface area contributed by atoms with Gasteiger partial charge in [-0.3, -0.25) is 0 Å². The molecule has 92 valence electrons. The maximum atomic E-state index is 11.5. The van der Waals surface area contributed by atoms with Crippen molar-refractivity contribution in [2.45, 2.75) is 19.9 Å². The second-order valence-corrected chi connectivity index (χ2v) is 6.01. The van der Waals surface area contributed by atoms with Crippen molar-refractivity contribution < 1.29 is 8.42 Å². The molecule has 1 rings (SSSR count). The minimum atomic E-state index is -3.19. The van der Waals surface area contributed by atoms with Crippen LogP contribution in [0.1, 0.15) is 19.0 Å². The summed E-state index contributed by atoms with van der Waals surface area (Å²) in [6.45, 7) is 3.66. The first-order valence-electron chi connectivity index (χ1n) is 5.19. The Kier molecular flexibility index (Phi) is 5.89. The van der Waals surface area contributed by atoms with Gasteiger partial charge in [-0.05, 0) is 13.0 Å². The molecule has 1 heterocycles. The third-order valence-electron chi connectivity index (χ3n) is 1.93. The molecule has 0 unspecified atom stereocenters. The van der Waals surface area contributed by atoms with Gasteiger partial charge in [-0.15, -0.1) is 11.3 Å². The first-order chi connectivity index (χ1) is 7.64. The van der Waals surface area contributed by atoms with E-state index in [4.69, 9.17) is 0 Å². The number of nitrogens with one attached hydrogen (secondary N) is 2. The summed E-state index contributed by atoms with van der Waals surface area (Å²) >= 11 is 1.46. The molecule has 7 heteroatoms. The van der Waals surface area contributed by atoms with Crippen LogP contribution in [0.2, 0.25) is 0 Å². The van der Waals surface area contributed by atoms with Crippen LogP contribution in [0.4, 0.5) is 0 Å². The molecule has 0 aliphatic rings. The standard InChI is InChI=1S/C9H17N3O2S2/c1-2-3-10-4-5-16(13,14)12-6-9-7-15-8-11-9/h7-8,10,12H,2-6H2,1H3. The van der Waals surface area contributed by atoms with Gasteiger partial charge < -0.3 is 5.32 Å². The van der Waals surface area contributed by atoms with Crippen LogP contribution in [0, 0.1) is 0 Å². The van der Waals surface area contributed by atoms with Gasteiger partial charge in [0, 0.05) is 11.9 Å². The van der Waals surface area contributed by atoms with Crippen molar-refractivity contribution in [2.24, 2.45) is 0 Å². The molecule has 1 aromatic heterocycles. The van der Waals surface area contributed by atoms with Crippen LogP contribution in [-0.2, 0) is 16.6 Å². The molecular formula is C9H17N3O2S2. The van der Waals surface area contributed by atoms with E-state index >= 15 is 0 Å². The Morgan fingerprint density at radius 3 is 2.88 bits per heavy atom. The summed E-state index contributed by atoms with van der Waals surface area (Å²) in [5.41, 5.74) is 2.45. The van der Waals surface area contributed by atoms with Gasteiger partial charge in [-0.1, -0.05) is 6.92 Å². The summed E-state index contributed by atoms with van der Waals surface area (Å²) in [5.74, 6) is 0.108. The van der Waals surface area contributed by atoms with Crippen molar-refractivity contribution in [3.63, 3.8) is 0 Å². The lowest BCUT2D eigenvalue weighted by Gasteiger charge is -2.05. The molecule has 0 aliphatic carbocycles. The van der Waals surface area contributed by atoms with Crippen molar-refractivity contribution in [3.05, 3.63) is 16.6 Å². The van der Waals surface area contributed by atoms with Crippen molar-refractivity contribution in [1.82, 2.24) is 15.0 Å². The number of hydrogen-bond donors (Lipinski definition) is 2. The number of rotatable bonds is 8. The average Bonchev–Trinajstić information content (AvgIpc) is 2.75. The fourth-order valence-electron chi connectivity index (χ4n) is 1.09. The largest absolute Gasteiger partial charge is 0.316 e. The monoisotopic (exact) mass is 263 g/mol. The second-order valence-electron chi connectivity index (χ2n) is 3.37. The van der Waals surface area contributed by atoms with Crippen molar-refractivity contribution in [1.29, 1.82) is 0 Å². The Morgan fingerprint density at radius 1 is 1.44 bits per heavy atom. The summed E-state index contributed by atoms with van der Waals surface area (Å²) < 4.78 is 25.5. The van der Waals surface area contributed by atoms with Gasteiger partial charge in [0.2, 0.25) is 10.0 Å². The molecule has 0 bridgehead atoms. The number of nitrogens with zero attached hydrogens (tertiary/aromatic N) is 1. The maximum Gasteiger partial charge on any atom is 0.213 e. The van der Waals surface area contributed by atoms with Crippen molar-refractivity contribution in [2.75, 3.05) is 18.8 Å². The van der Waals surface area contributed by atoms with Gasteiger partial charge in [-0.2, -0.15) is 0 Å². The highest BCUT2D eigenvalue weighted by atomic mass is 32.2. The topological polar surface area (TPSA) is 71.1 Å². The predicted molar refractivity (Wildman–Crippen MR) is 65.9 cm³/mol. The zero-order valence-electron chi connectivity index (χ0n) is 9.27. The Labute approximate surface area is 100 Å². The van der Waals surface area contributed by atoms with E-state index in [-0.39, 0.29) is 12.3 Å². The highest BCUT2D eigenvalue weighted by molar-refractivity contribution is 7.89. The molecular weight excluding hydrogens is 246 g/mol. The van der Waals surface area contributed by atoms with Gasteiger partial charge in [0.15, 0.2) is 0 Å². The highest BCUT2D eigenvalue weighted by Crippen LogP contribution is 2.00. The Balaban J connectivity index is 2.23. The summed E-state index contributed by atoms with van der Waals surface area (Å²) in [5, 5.41) is 4.88. The minimum Gasteiger partial charge on any atom is -0.316 e. The lowest BCUT2D eigenvalue weighted by molar-refractivity contribution is 0.575. The molecule has 1 aromatic rings. The zero-order valence-corrected chi connectivity index (χ0v) is 10.9. The van der Waals surface area contributed by atoms with Gasteiger partial charge in [-0.25, -0.2) is 18.1 Å². The van der Waals surface area contributed by atoms with Gasteiger partial charge >= 0.3 is 0 Å². The molecule has 0 aliphatic heterocycles. The van der Waals surface area contributed by atoms with E-state index in [2.05, 4.69) is 15.0 Å². The molecule has 0 radical (unpaired) electrons. The van der Waals surface area contributed by atoms with Crippen LogP contribution in [0.25, 0.3) is 0 Å². The molecule has 0 spiro atoms. The summed E-state index contributed by atoms with van der Waals surface area (Å²) in [6, 6.07) is 0. The zero-order chi connectivity index (χ0) is 11.9. The number of thiazole rings is 1. The second kappa shape index (κ2) is 6.95. The van der Waals surface area contributed by atoms with Gasteiger partial charge in [0.25, 0.3) is 0 Å². The molecule has 16 heavy (non-hydrogen) atoms. The van der Waals surface area contributed by atoms with E-state index in [1.807, 2.05) is 12.3 Å². The smallest absolute Gasteiger partial charge is 0.213 e. The third kappa shape index (κ3) is 5.55. The van der Waals surface area contributed by atoms with Crippen molar-refractivity contribution >= 4 is 21.4 Å². The molecule has 0 saturated carbocycles. The SMILES string of the molecule is CCCNCCS(=O)(=O)NCc1cscn1. The first kappa shape index (κ1) is 13.6. The molecule has 0 saturated heterocycles. The summed E-state index contributed by atoms with van der Waals surface area (Å²) in [4.78, 5) is 4.00. The lowest BCUT2D eigenvalue weighted by Crippen LogP contribution is -2.31. The fourth-order valence-corrected chi connectivity index (χ4v) is 2.57. The minimum absolute atomic E-state index is 0.108. The Bertz CT molecular complexity index is 375. The quantitative estimate of drug-likeness (QED) is 0.672. The van der Waals surface area contributed by atoms with E-state index in [0.29, 0.717) is 6.54 Å². The lowest BCUT2D eigenvalue weighted by atomic mass is 10.5. The normalized spacial score (nSPS) is 11.8. The van der Waals surface area contributed by atoms with Gasteiger partial charge in [0.1, 0.15) is 0 Å². The van der Waals surface area contributed by atoms with Crippen LogP contribution < -0.4 is 10.0 Å². The van der Waals surface area contributed by atoms with Crippen LogP contribution in [0.5, 0.6) is 0 Å². The molecule has 0 aromatic carbocycles. The first-order valence-corrected chi connectivity index (χ1v) is 7.78. The Morgan fingerprint density at radius 2 is 2.25 bits per heavy atom. The summed E-state index contributed by atoms with van der Waals surface area (Å²) in [6.07, 6.45) is 1.01. The molecule has 2 N–H and O–H groups in total. The van der Waals surface area contributed by atoms with E-state index < -0.39 is 10.0 Å². The third-order valence-corrected chi connectivity index (χ3v) is 3.89. The fraction of sp³-hybridized carbons (Fsp3) is 0.667. The van der Waals surface area contributed by atoms with E-state index in [1.54, 1.807) is 5.51 Å². The van der Waals surface area contributed by atoms with Crippen LogP contribution >= 0.6 is 11.3 Å². The van der Waals surface area contributed by atoms with E-state index in [1.165, 1.54) is 11.3 Å². The van der Waals surface area contributed by atoms with Crippen molar-refractivity contribution in [3.8, 4) is 0 Å². The molecule has 5 nitrogen and oxygen atoms in total. The highest BCUT2D eigenvalue weighted by Gasteiger charge is 2.09. The van der Waals surface area contributed by atoms with Crippen LogP contribution in [0.3, 0.4) is 0 Å². The van der Waals surface area contributed by atoms with Crippen LogP contribution in [-0.4, -0.2) is 32.2 Å². The number of aromatic nitrogens is 1. The molecule has 0 atom stereocenters. The van der Waals surface area contributed by atoms with Gasteiger partial charge in [0.05, 0.1) is 23.5 Å². The predicted octanol–water partition coefficient (Wildman–Crippen LogP) is 0.562. The Hall–Kier alpha value is -0.500. The van der Waals surface area contributed by atoms with E-state index in [0.717, 1.165) is 18.7 Å². The summed E-state index contributed by atoms with van der Waals surface area (Å²) in [7, 11) is -3.19. The average molecular weight is 263 g/mol.